The van der Waals surface area contributed by atoms with Gasteiger partial charge in [0.15, 0.2) is 0 Å². The molecule has 2 aliphatic carbocycles. The Balaban J connectivity index is 1.54. The Morgan fingerprint density at radius 3 is 2.42 bits per heavy atom. The number of hydrogen-bond donors (Lipinski definition) is 1. The Hall–Kier alpha value is -2.26. The van der Waals surface area contributed by atoms with Crippen LogP contribution in [0.5, 0.6) is 0 Å². The number of carbonyl (C=O) groups is 1. The predicted molar refractivity (Wildman–Crippen MR) is 136 cm³/mol. The molecule has 2 aromatic rings. The standard InChI is InChI=1S/C29H35ClN2O/c1-20-11-13-21(14-12-20)28(31-24-17-15-23(30)16-18-24)27-26-10-6-5-7-22(26)19-32(29(27)33)25-8-3-2-4-9-25/h6,10-18,22,25-28,31H,2-5,7-9,19H2,1H3/t22-,26-,27+,28?/m0/s1. The van der Waals surface area contributed by atoms with Crippen molar-refractivity contribution in [1.29, 1.82) is 0 Å². The number of rotatable bonds is 5. The lowest BCUT2D eigenvalue weighted by molar-refractivity contribution is -0.148. The van der Waals surface area contributed by atoms with Crippen molar-refractivity contribution >= 4 is 23.2 Å². The highest BCUT2D eigenvalue weighted by Crippen LogP contribution is 2.45. The molecule has 3 aliphatic rings. The first-order valence-electron chi connectivity index (χ1n) is 12.7. The number of fused-ring (bicyclic) bond motifs is 1. The Labute approximate surface area is 203 Å². The van der Waals surface area contributed by atoms with Gasteiger partial charge in [0.2, 0.25) is 5.91 Å². The van der Waals surface area contributed by atoms with E-state index < -0.39 is 0 Å². The van der Waals surface area contributed by atoms with E-state index in [9.17, 15) is 4.79 Å². The van der Waals surface area contributed by atoms with Crippen LogP contribution in [0, 0.1) is 24.7 Å². The third kappa shape index (κ3) is 4.84. The highest BCUT2D eigenvalue weighted by molar-refractivity contribution is 6.30. The molecular weight excluding hydrogens is 428 g/mol. The van der Waals surface area contributed by atoms with Crippen molar-refractivity contribution in [2.45, 2.75) is 64.0 Å². The van der Waals surface area contributed by atoms with E-state index in [4.69, 9.17) is 11.6 Å². The van der Waals surface area contributed by atoms with Crippen LogP contribution in [0.25, 0.3) is 0 Å². The lowest BCUT2D eigenvalue weighted by Crippen LogP contribution is -2.56. The molecule has 1 N–H and O–H groups in total. The normalized spacial score (nSPS) is 26.7. The van der Waals surface area contributed by atoms with Crippen LogP contribution in [0.15, 0.2) is 60.7 Å². The zero-order valence-electron chi connectivity index (χ0n) is 19.6. The van der Waals surface area contributed by atoms with Gasteiger partial charge in [-0.15, -0.1) is 0 Å². The van der Waals surface area contributed by atoms with Crippen LogP contribution >= 0.6 is 11.6 Å². The number of benzene rings is 2. The zero-order valence-corrected chi connectivity index (χ0v) is 20.3. The molecule has 2 aromatic carbocycles. The van der Waals surface area contributed by atoms with Crippen LogP contribution in [0.1, 0.15) is 62.1 Å². The average Bonchev–Trinajstić information content (AvgIpc) is 2.85. The van der Waals surface area contributed by atoms with E-state index in [1.807, 2.05) is 24.3 Å². The summed E-state index contributed by atoms with van der Waals surface area (Å²) in [5.74, 6) is 1.04. The van der Waals surface area contributed by atoms with E-state index in [1.54, 1.807) is 0 Å². The third-order valence-electron chi connectivity index (χ3n) is 8.00. The number of amides is 1. The summed E-state index contributed by atoms with van der Waals surface area (Å²) >= 11 is 6.15. The summed E-state index contributed by atoms with van der Waals surface area (Å²) < 4.78 is 0. The lowest BCUT2D eigenvalue weighted by atomic mass is 9.68. The first kappa shape index (κ1) is 22.5. The number of halogens is 1. The number of aryl methyl sites for hydroxylation is 1. The molecule has 0 bridgehead atoms. The van der Waals surface area contributed by atoms with Crippen LogP contribution in [0.2, 0.25) is 5.02 Å². The number of piperidine rings is 1. The molecule has 0 radical (unpaired) electrons. The summed E-state index contributed by atoms with van der Waals surface area (Å²) in [5, 5.41) is 4.48. The smallest absolute Gasteiger partial charge is 0.228 e. The molecule has 4 atom stereocenters. The maximum atomic E-state index is 14.2. The molecule has 5 rings (SSSR count). The number of hydrogen-bond acceptors (Lipinski definition) is 2. The molecule has 1 aliphatic heterocycles. The van der Waals surface area contributed by atoms with E-state index in [-0.39, 0.29) is 17.9 Å². The number of allylic oxidation sites excluding steroid dienone is 2. The maximum absolute atomic E-state index is 14.2. The molecule has 1 amide bonds. The van der Waals surface area contributed by atoms with Crippen molar-refractivity contribution in [3.8, 4) is 0 Å². The molecular formula is C29H35ClN2O. The highest BCUT2D eigenvalue weighted by atomic mass is 35.5. The molecule has 2 fully saturated rings. The fraction of sp³-hybridized carbons (Fsp3) is 0.483. The van der Waals surface area contributed by atoms with E-state index >= 15 is 0 Å². The highest BCUT2D eigenvalue weighted by Gasteiger charge is 2.47. The summed E-state index contributed by atoms with van der Waals surface area (Å²) in [4.78, 5) is 16.5. The fourth-order valence-electron chi connectivity index (χ4n) is 6.20. The summed E-state index contributed by atoms with van der Waals surface area (Å²) in [6, 6.07) is 16.9. The van der Waals surface area contributed by atoms with Crippen molar-refractivity contribution in [1.82, 2.24) is 4.90 Å². The molecule has 1 heterocycles. The SMILES string of the molecule is Cc1ccc(C(Nc2ccc(Cl)cc2)[C@@H]2C(=O)N(C3CCCCC3)C[C@@H]3CCC=C[C@@H]32)cc1. The molecule has 1 unspecified atom stereocenters. The molecule has 1 saturated heterocycles. The van der Waals surface area contributed by atoms with Gasteiger partial charge in [-0.05, 0) is 74.3 Å². The fourth-order valence-corrected chi connectivity index (χ4v) is 6.33. The van der Waals surface area contributed by atoms with Gasteiger partial charge in [-0.3, -0.25) is 4.79 Å². The van der Waals surface area contributed by atoms with Crippen LogP contribution in [0.3, 0.4) is 0 Å². The lowest BCUT2D eigenvalue weighted by Gasteiger charge is -2.49. The van der Waals surface area contributed by atoms with Crippen molar-refractivity contribution in [2.24, 2.45) is 17.8 Å². The average molecular weight is 463 g/mol. The van der Waals surface area contributed by atoms with Gasteiger partial charge in [-0.1, -0.05) is 72.8 Å². The second-order valence-electron chi connectivity index (χ2n) is 10.2. The Bertz CT molecular complexity index is 978. The van der Waals surface area contributed by atoms with Gasteiger partial charge in [0.1, 0.15) is 0 Å². The molecule has 3 nitrogen and oxygen atoms in total. The molecule has 33 heavy (non-hydrogen) atoms. The number of likely N-dealkylation sites (tertiary alicyclic amines) is 1. The van der Waals surface area contributed by atoms with Crippen molar-refractivity contribution in [3.63, 3.8) is 0 Å². The molecule has 1 saturated carbocycles. The first-order valence-corrected chi connectivity index (χ1v) is 13.0. The zero-order chi connectivity index (χ0) is 22.8. The predicted octanol–water partition coefficient (Wildman–Crippen LogP) is 7.18. The Kier molecular flexibility index (Phi) is 6.78. The summed E-state index contributed by atoms with van der Waals surface area (Å²) in [7, 11) is 0. The van der Waals surface area contributed by atoms with Crippen molar-refractivity contribution in [3.05, 3.63) is 76.8 Å². The van der Waals surface area contributed by atoms with Gasteiger partial charge < -0.3 is 10.2 Å². The topological polar surface area (TPSA) is 32.3 Å². The van der Waals surface area contributed by atoms with Gasteiger partial charge in [-0.2, -0.15) is 0 Å². The van der Waals surface area contributed by atoms with Gasteiger partial charge in [-0.25, -0.2) is 0 Å². The molecule has 174 valence electrons. The molecule has 0 spiro atoms. The van der Waals surface area contributed by atoms with Crippen molar-refractivity contribution < 1.29 is 4.79 Å². The van der Waals surface area contributed by atoms with Crippen LogP contribution < -0.4 is 5.32 Å². The van der Waals surface area contributed by atoms with E-state index in [2.05, 4.69) is 53.6 Å². The number of nitrogens with zero attached hydrogens (tertiary/aromatic N) is 1. The minimum Gasteiger partial charge on any atom is -0.377 e. The second-order valence-corrected chi connectivity index (χ2v) is 10.6. The Morgan fingerprint density at radius 2 is 1.70 bits per heavy atom. The van der Waals surface area contributed by atoms with Crippen LogP contribution in [-0.4, -0.2) is 23.4 Å². The molecule has 0 aromatic heterocycles. The van der Waals surface area contributed by atoms with Gasteiger partial charge in [0.05, 0.1) is 12.0 Å². The van der Waals surface area contributed by atoms with Crippen LogP contribution in [0.4, 0.5) is 5.69 Å². The third-order valence-corrected chi connectivity index (χ3v) is 8.25. The number of nitrogens with one attached hydrogen (secondary N) is 1. The van der Waals surface area contributed by atoms with Gasteiger partial charge in [0, 0.05) is 23.3 Å². The van der Waals surface area contributed by atoms with Crippen LogP contribution in [-0.2, 0) is 4.79 Å². The van der Waals surface area contributed by atoms with Gasteiger partial charge in [0.25, 0.3) is 0 Å². The van der Waals surface area contributed by atoms with E-state index in [0.29, 0.717) is 17.9 Å². The largest absolute Gasteiger partial charge is 0.377 e. The van der Waals surface area contributed by atoms with E-state index in [1.165, 1.54) is 36.8 Å². The number of carbonyl (C=O) groups excluding carboxylic acids is 1. The summed E-state index contributed by atoms with van der Waals surface area (Å²) in [6.07, 6.45) is 13.1. The Morgan fingerprint density at radius 1 is 0.970 bits per heavy atom. The van der Waals surface area contributed by atoms with E-state index in [0.717, 1.165) is 36.5 Å². The molecule has 4 heteroatoms. The summed E-state index contributed by atoms with van der Waals surface area (Å²) in [6.45, 7) is 3.04. The second kappa shape index (κ2) is 9.93. The number of anilines is 1. The maximum Gasteiger partial charge on any atom is 0.228 e. The monoisotopic (exact) mass is 462 g/mol. The quantitative estimate of drug-likeness (QED) is 0.477. The summed E-state index contributed by atoms with van der Waals surface area (Å²) in [5.41, 5.74) is 3.42. The minimum absolute atomic E-state index is 0.0825. The van der Waals surface area contributed by atoms with Gasteiger partial charge >= 0.3 is 0 Å². The minimum atomic E-state index is -0.111. The van der Waals surface area contributed by atoms with Crippen molar-refractivity contribution in [2.75, 3.05) is 11.9 Å². The first-order chi connectivity index (χ1) is 16.1.